The number of nitrogens with zero attached hydrogens (tertiary/aromatic N) is 3. The highest BCUT2D eigenvalue weighted by Gasteiger charge is 2.34. The Morgan fingerprint density at radius 3 is 2.51 bits per heavy atom. The van der Waals surface area contributed by atoms with E-state index in [4.69, 9.17) is 4.42 Å². The molecular weight excluding hydrogens is 466 g/mol. The molecule has 35 heavy (non-hydrogen) atoms. The van der Waals surface area contributed by atoms with Crippen LogP contribution in [0.25, 0.3) is 11.1 Å². The summed E-state index contributed by atoms with van der Waals surface area (Å²) < 4.78 is 34.0. The highest BCUT2D eigenvalue weighted by atomic mass is 32.2. The number of carbonyl (C=O) groups excluding carboxylic acids is 1. The molecule has 2 aromatic carbocycles. The number of benzene rings is 2. The van der Waals surface area contributed by atoms with Crippen LogP contribution in [0.4, 0.5) is 0 Å². The molecule has 186 valence electrons. The lowest BCUT2D eigenvalue weighted by Gasteiger charge is -2.30. The summed E-state index contributed by atoms with van der Waals surface area (Å²) in [5.74, 6) is -0.0766. The molecule has 1 unspecified atom stereocenters. The fourth-order valence-electron chi connectivity index (χ4n) is 4.92. The van der Waals surface area contributed by atoms with E-state index in [0.29, 0.717) is 31.1 Å². The summed E-state index contributed by atoms with van der Waals surface area (Å²) in [4.78, 5) is 27.9. The van der Waals surface area contributed by atoms with Gasteiger partial charge in [0.25, 0.3) is 0 Å². The van der Waals surface area contributed by atoms with Crippen molar-refractivity contribution in [3.05, 3.63) is 64.6 Å². The molecule has 5 rings (SSSR count). The Morgan fingerprint density at radius 1 is 1.11 bits per heavy atom. The van der Waals surface area contributed by atoms with Crippen molar-refractivity contribution >= 4 is 27.0 Å². The molecule has 0 bridgehead atoms. The van der Waals surface area contributed by atoms with Gasteiger partial charge >= 0.3 is 5.76 Å². The van der Waals surface area contributed by atoms with Crippen LogP contribution in [-0.4, -0.2) is 47.2 Å². The SMILES string of the molecule is CC(C1CC1)N(Cc1ccccc1)C(=O)CCn1c(=O)oc2cc(S(=O)(=O)N3CCCC3)ccc21. The van der Waals surface area contributed by atoms with E-state index in [1.807, 2.05) is 35.2 Å². The van der Waals surface area contributed by atoms with E-state index in [1.165, 1.54) is 21.0 Å². The molecule has 1 atom stereocenters. The van der Waals surface area contributed by atoms with E-state index in [2.05, 4.69) is 6.92 Å². The number of amides is 1. The van der Waals surface area contributed by atoms with E-state index < -0.39 is 15.8 Å². The van der Waals surface area contributed by atoms with E-state index >= 15 is 0 Å². The minimum Gasteiger partial charge on any atom is -0.408 e. The van der Waals surface area contributed by atoms with Gasteiger partial charge < -0.3 is 9.32 Å². The molecule has 1 aliphatic carbocycles. The molecule has 0 spiro atoms. The van der Waals surface area contributed by atoms with Crippen LogP contribution in [0.5, 0.6) is 0 Å². The first-order valence-electron chi connectivity index (χ1n) is 12.3. The van der Waals surface area contributed by atoms with E-state index in [-0.39, 0.29) is 35.4 Å². The summed E-state index contributed by atoms with van der Waals surface area (Å²) in [6.07, 6.45) is 4.12. The number of carbonyl (C=O) groups is 1. The highest BCUT2D eigenvalue weighted by molar-refractivity contribution is 7.89. The predicted octanol–water partition coefficient (Wildman–Crippen LogP) is 3.60. The van der Waals surface area contributed by atoms with Gasteiger partial charge in [-0.3, -0.25) is 9.36 Å². The molecule has 1 saturated carbocycles. The van der Waals surface area contributed by atoms with Crippen LogP contribution in [0, 0.1) is 5.92 Å². The molecule has 3 aromatic rings. The average molecular weight is 498 g/mol. The summed E-state index contributed by atoms with van der Waals surface area (Å²) in [5.41, 5.74) is 1.79. The minimum absolute atomic E-state index is 0.0114. The Kier molecular flexibility index (Phi) is 6.55. The van der Waals surface area contributed by atoms with Crippen LogP contribution in [0.3, 0.4) is 0 Å². The van der Waals surface area contributed by atoms with Gasteiger partial charge in [0.15, 0.2) is 5.58 Å². The molecule has 9 heteroatoms. The summed E-state index contributed by atoms with van der Waals surface area (Å²) in [6.45, 7) is 3.82. The third kappa shape index (κ3) is 4.92. The second kappa shape index (κ2) is 9.62. The summed E-state index contributed by atoms with van der Waals surface area (Å²) in [5, 5.41) is 0. The first-order chi connectivity index (χ1) is 16.8. The van der Waals surface area contributed by atoms with Crippen LogP contribution >= 0.6 is 0 Å². The number of aryl methyl sites for hydroxylation is 1. The summed E-state index contributed by atoms with van der Waals surface area (Å²) in [7, 11) is -3.61. The number of hydrogen-bond acceptors (Lipinski definition) is 5. The standard InChI is InChI=1S/C26H31N3O5S/c1-19(21-9-10-21)29(18-20-7-3-2-4-8-20)25(30)13-16-28-23-12-11-22(17-24(23)34-26(28)31)35(32,33)27-14-5-6-15-27/h2-4,7-8,11-12,17,19,21H,5-6,9-10,13-16,18H2,1H3. The van der Waals surface area contributed by atoms with Gasteiger partial charge in [0.1, 0.15) is 0 Å². The number of aromatic nitrogens is 1. The Hall–Kier alpha value is -2.91. The van der Waals surface area contributed by atoms with Gasteiger partial charge in [0.2, 0.25) is 15.9 Å². The maximum absolute atomic E-state index is 13.3. The van der Waals surface area contributed by atoms with Crippen molar-refractivity contribution in [3.63, 3.8) is 0 Å². The van der Waals surface area contributed by atoms with Crippen LogP contribution in [0.1, 0.15) is 44.6 Å². The van der Waals surface area contributed by atoms with Gasteiger partial charge in [-0.05, 0) is 56.2 Å². The quantitative estimate of drug-likeness (QED) is 0.450. The third-order valence-corrected chi connectivity index (χ3v) is 9.10. The molecule has 0 N–H and O–H groups in total. The van der Waals surface area contributed by atoms with Gasteiger partial charge in [0, 0.05) is 44.7 Å². The Morgan fingerprint density at radius 2 is 1.83 bits per heavy atom. The van der Waals surface area contributed by atoms with Crippen molar-refractivity contribution in [3.8, 4) is 0 Å². The lowest BCUT2D eigenvalue weighted by atomic mass is 10.1. The molecule has 1 aromatic heterocycles. The summed E-state index contributed by atoms with van der Waals surface area (Å²) in [6, 6.07) is 14.6. The fraction of sp³-hybridized carbons (Fsp3) is 0.462. The Bertz CT molecular complexity index is 1370. The Balaban J connectivity index is 1.34. The number of rotatable bonds is 9. The molecule has 2 aliphatic rings. The molecule has 1 saturated heterocycles. The normalized spacial score (nSPS) is 17.6. The number of hydrogen-bond donors (Lipinski definition) is 0. The lowest BCUT2D eigenvalue weighted by Crippen LogP contribution is -2.40. The molecule has 1 amide bonds. The second-order valence-corrected chi connectivity index (χ2v) is 11.5. The number of fused-ring (bicyclic) bond motifs is 1. The predicted molar refractivity (Wildman–Crippen MR) is 132 cm³/mol. The average Bonchev–Trinajstić information content (AvgIpc) is 3.45. The zero-order valence-corrected chi connectivity index (χ0v) is 20.7. The maximum Gasteiger partial charge on any atom is 0.419 e. The zero-order valence-electron chi connectivity index (χ0n) is 19.9. The second-order valence-electron chi connectivity index (χ2n) is 9.60. The van der Waals surface area contributed by atoms with Gasteiger partial charge in [0.05, 0.1) is 10.4 Å². The molecule has 0 radical (unpaired) electrons. The van der Waals surface area contributed by atoms with Gasteiger partial charge in [-0.25, -0.2) is 13.2 Å². The van der Waals surface area contributed by atoms with Crippen LogP contribution in [-0.2, 0) is 27.9 Å². The van der Waals surface area contributed by atoms with Crippen molar-refractivity contribution in [2.75, 3.05) is 13.1 Å². The van der Waals surface area contributed by atoms with Crippen molar-refractivity contribution in [1.82, 2.24) is 13.8 Å². The first kappa shape index (κ1) is 23.8. The van der Waals surface area contributed by atoms with Crippen LogP contribution in [0.2, 0.25) is 0 Å². The molecule has 2 fully saturated rings. The highest BCUT2D eigenvalue weighted by Crippen LogP contribution is 2.36. The fourth-order valence-corrected chi connectivity index (χ4v) is 6.45. The van der Waals surface area contributed by atoms with Gasteiger partial charge in [-0.2, -0.15) is 4.31 Å². The topological polar surface area (TPSA) is 92.8 Å². The molecule has 2 heterocycles. The van der Waals surface area contributed by atoms with E-state index in [1.54, 1.807) is 6.07 Å². The smallest absolute Gasteiger partial charge is 0.408 e. The van der Waals surface area contributed by atoms with Crippen molar-refractivity contribution < 1.29 is 17.6 Å². The molecular formula is C26H31N3O5S. The van der Waals surface area contributed by atoms with Crippen LogP contribution < -0.4 is 5.76 Å². The van der Waals surface area contributed by atoms with Crippen molar-refractivity contribution in [2.24, 2.45) is 5.92 Å². The van der Waals surface area contributed by atoms with Crippen molar-refractivity contribution in [2.45, 2.75) is 63.1 Å². The number of oxazole rings is 1. The van der Waals surface area contributed by atoms with Crippen LogP contribution in [0.15, 0.2) is 62.6 Å². The van der Waals surface area contributed by atoms with Crippen molar-refractivity contribution in [1.29, 1.82) is 0 Å². The minimum atomic E-state index is -3.61. The first-order valence-corrected chi connectivity index (χ1v) is 13.8. The largest absolute Gasteiger partial charge is 0.419 e. The lowest BCUT2D eigenvalue weighted by molar-refractivity contribution is -0.134. The Labute approximate surface area is 205 Å². The third-order valence-electron chi connectivity index (χ3n) is 7.20. The monoisotopic (exact) mass is 497 g/mol. The van der Waals surface area contributed by atoms with E-state index in [9.17, 15) is 18.0 Å². The van der Waals surface area contributed by atoms with Gasteiger partial charge in [-0.1, -0.05) is 30.3 Å². The number of sulfonamides is 1. The maximum atomic E-state index is 13.3. The summed E-state index contributed by atoms with van der Waals surface area (Å²) >= 11 is 0. The molecule has 1 aliphatic heterocycles. The van der Waals surface area contributed by atoms with Gasteiger partial charge in [-0.15, -0.1) is 0 Å². The van der Waals surface area contributed by atoms with E-state index in [0.717, 1.165) is 31.2 Å². The zero-order chi connectivity index (χ0) is 24.6. The molecule has 8 nitrogen and oxygen atoms in total.